The fraction of sp³-hybridized carbons (Fsp3) is 0.273. The molecule has 2 unspecified atom stereocenters. The minimum absolute atomic E-state index is 0.0168. The third kappa shape index (κ3) is 3.62. The van der Waals surface area contributed by atoms with E-state index < -0.39 is 0 Å². The predicted molar refractivity (Wildman–Crippen MR) is 111 cm³/mol. The lowest BCUT2D eigenvalue weighted by Crippen LogP contribution is -2.43. The molecular formula is C22H20BrN3O3. The summed E-state index contributed by atoms with van der Waals surface area (Å²) in [5.41, 5.74) is 2.57. The second-order valence-corrected chi connectivity index (χ2v) is 8.15. The Kier molecular flexibility index (Phi) is 4.75. The van der Waals surface area contributed by atoms with Crippen molar-refractivity contribution < 1.29 is 14.3 Å². The molecule has 0 fully saturated rings. The average molecular weight is 454 g/mol. The maximum absolute atomic E-state index is 12.8. The van der Waals surface area contributed by atoms with E-state index in [9.17, 15) is 4.79 Å². The lowest BCUT2D eigenvalue weighted by atomic mass is 10.0. The fourth-order valence-electron chi connectivity index (χ4n) is 3.83. The molecule has 29 heavy (non-hydrogen) atoms. The van der Waals surface area contributed by atoms with Gasteiger partial charge in [0.25, 0.3) is 5.91 Å². The van der Waals surface area contributed by atoms with E-state index in [1.165, 1.54) is 0 Å². The van der Waals surface area contributed by atoms with Crippen LogP contribution in [0.1, 0.15) is 34.1 Å². The van der Waals surface area contributed by atoms with Crippen LogP contribution in [0.15, 0.2) is 59.1 Å². The summed E-state index contributed by atoms with van der Waals surface area (Å²) in [7, 11) is 0. The van der Waals surface area contributed by atoms with Crippen molar-refractivity contribution in [3.8, 4) is 11.6 Å². The SMILES string of the molecule is O=C(NC1COc2cccc(Br)c2C1)c1cc2n(n1)CCC(c1ccccc1)O2. The number of carbonyl (C=O) groups is 1. The van der Waals surface area contributed by atoms with Crippen LogP contribution in [-0.4, -0.2) is 28.3 Å². The van der Waals surface area contributed by atoms with Crippen molar-refractivity contribution in [1.82, 2.24) is 15.1 Å². The van der Waals surface area contributed by atoms with Gasteiger partial charge < -0.3 is 14.8 Å². The van der Waals surface area contributed by atoms with E-state index in [4.69, 9.17) is 9.47 Å². The zero-order valence-electron chi connectivity index (χ0n) is 15.7. The van der Waals surface area contributed by atoms with Gasteiger partial charge in [0.05, 0.1) is 6.04 Å². The van der Waals surface area contributed by atoms with Crippen LogP contribution in [0.5, 0.6) is 11.6 Å². The Bertz CT molecular complexity index is 1050. The highest BCUT2D eigenvalue weighted by Gasteiger charge is 2.27. The van der Waals surface area contributed by atoms with Crippen LogP contribution in [0.3, 0.4) is 0 Å². The minimum Gasteiger partial charge on any atom is -0.491 e. The second kappa shape index (κ2) is 7.55. The van der Waals surface area contributed by atoms with Gasteiger partial charge in [-0.25, -0.2) is 4.68 Å². The van der Waals surface area contributed by atoms with E-state index >= 15 is 0 Å². The normalized spacial score (nSPS) is 20.0. The second-order valence-electron chi connectivity index (χ2n) is 7.30. The van der Waals surface area contributed by atoms with Crippen LogP contribution < -0.4 is 14.8 Å². The molecule has 1 amide bonds. The van der Waals surface area contributed by atoms with Crippen LogP contribution in [0, 0.1) is 0 Å². The molecule has 7 heteroatoms. The summed E-state index contributed by atoms with van der Waals surface area (Å²) in [6.45, 7) is 1.16. The molecule has 0 saturated heterocycles. The Morgan fingerprint density at radius 2 is 2.03 bits per heavy atom. The predicted octanol–water partition coefficient (Wildman–Crippen LogP) is 3.90. The molecule has 3 aromatic rings. The Balaban J connectivity index is 1.28. The first-order chi connectivity index (χ1) is 14.2. The monoisotopic (exact) mass is 453 g/mol. The van der Waals surface area contributed by atoms with Crippen LogP contribution in [0.25, 0.3) is 0 Å². The molecule has 5 rings (SSSR count). The van der Waals surface area contributed by atoms with Gasteiger partial charge in [0.2, 0.25) is 5.88 Å². The standard InChI is InChI=1S/C22H20BrN3O3/c23-17-7-4-8-20-16(17)11-15(13-28-20)24-22(27)18-12-21-26(25-18)10-9-19(29-21)14-5-2-1-3-6-14/h1-8,12,15,19H,9-11,13H2,(H,24,27). The van der Waals surface area contributed by atoms with Crippen LogP contribution in [0.4, 0.5) is 0 Å². The molecule has 0 radical (unpaired) electrons. The summed E-state index contributed by atoms with van der Waals surface area (Å²) in [4.78, 5) is 12.8. The van der Waals surface area contributed by atoms with Crippen LogP contribution in [0.2, 0.25) is 0 Å². The average Bonchev–Trinajstić information content (AvgIpc) is 3.19. The molecule has 6 nitrogen and oxygen atoms in total. The maximum atomic E-state index is 12.8. The lowest BCUT2D eigenvalue weighted by molar-refractivity contribution is 0.0909. The Morgan fingerprint density at radius 3 is 2.90 bits per heavy atom. The number of halogens is 1. The number of amides is 1. The Labute approximate surface area is 177 Å². The van der Waals surface area contributed by atoms with Gasteiger partial charge in [-0.3, -0.25) is 4.79 Å². The largest absolute Gasteiger partial charge is 0.491 e. The maximum Gasteiger partial charge on any atom is 0.272 e. The van der Waals surface area contributed by atoms with Crippen molar-refractivity contribution in [3.63, 3.8) is 0 Å². The summed E-state index contributed by atoms with van der Waals surface area (Å²) in [5.74, 6) is 1.28. The number of aromatic nitrogens is 2. The van der Waals surface area contributed by atoms with Crippen molar-refractivity contribution in [2.24, 2.45) is 0 Å². The Hall–Kier alpha value is -2.80. The summed E-state index contributed by atoms with van der Waals surface area (Å²) in [5, 5.41) is 7.47. The molecule has 0 spiro atoms. The van der Waals surface area contributed by atoms with Crippen LogP contribution in [-0.2, 0) is 13.0 Å². The first kappa shape index (κ1) is 18.2. The van der Waals surface area contributed by atoms with E-state index in [1.807, 2.05) is 36.4 Å². The third-order valence-electron chi connectivity index (χ3n) is 5.31. The molecule has 148 valence electrons. The van der Waals surface area contributed by atoms with Gasteiger partial charge in [-0.15, -0.1) is 0 Å². The molecule has 0 saturated carbocycles. The summed E-state index contributed by atoms with van der Waals surface area (Å²) >= 11 is 3.56. The molecule has 2 atom stereocenters. The molecule has 1 N–H and O–H groups in total. The third-order valence-corrected chi connectivity index (χ3v) is 6.06. The van der Waals surface area contributed by atoms with E-state index in [0.29, 0.717) is 24.6 Å². The van der Waals surface area contributed by atoms with Gasteiger partial charge >= 0.3 is 0 Å². The first-order valence-electron chi connectivity index (χ1n) is 9.68. The summed E-state index contributed by atoms with van der Waals surface area (Å²) in [6, 6.07) is 17.6. The fourth-order valence-corrected chi connectivity index (χ4v) is 4.34. The number of aryl methyl sites for hydroxylation is 1. The highest BCUT2D eigenvalue weighted by atomic mass is 79.9. The van der Waals surface area contributed by atoms with Gasteiger partial charge in [0.1, 0.15) is 18.5 Å². The highest BCUT2D eigenvalue weighted by Crippen LogP contribution is 2.32. The van der Waals surface area contributed by atoms with Gasteiger partial charge in [-0.05, 0) is 17.7 Å². The van der Waals surface area contributed by atoms with E-state index in [1.54, 1.807) is 10.7 Å². The number of ether oxygens (including phenoxy) is 2. The number of benzene rings is 2. The van der Waals surface area contributed by atoms with E-state index in [2.05, 4.69) is 38.5 Å². The molecule has 0 bridgehead atoms. The summed E-state index contributed by atoms with van der Waals surface area (Å²) in [6.07, 6.45) is 1.51. The molecule has 0 aliphatic carbocycles. The zero-order valence-corrected chi connectivity index (χ0v) is 17.3. The molecule has 2 aliphatic rings. The minimum atomic E-state index is -0.212. The number of hydrogen-bond donors (Lipinski definition) is 1. The smallest absolute Gasteiger partial charge is 0.272 e. The van der Waals surface area contributed by atoms with Crippen molar-refractivity contribution >= 4 is 21.8 Å². The quantitative estimate of drug-likeness (QED) is 0.652. The van der Waals surface area contributed by atoms with Crippen LogP contribution >= 0.6 is 15.9 Å². The number of nitrogens with one attached hydrogen (secondary N) is 1. The van der Waals surface area contributed by atoms with Crippen molar-refractivity contribution in [2.75, 3.05) is 6.61 Å². The number of carbonyl (C=O) groups excluding carboxylic acids is 1. The summed E-state index contributed by atoms with van der Waals surface area (Å²) < 4.78 is 14.6. The highest BCUT2D eigenvalue weighted by molar-refractivity contribution is 9.10. The molecule has 2 aliphatic heterocycles. The Morgan fingerprint density at radius 1 is 1.17 bits per heavy atom. The number of nitrogens with zero attached hydrogens (tertiary/aromatic N) is 2. The molecule has 1 aromatic heterocycles. The number of rotatable bonds is 3. The van der Waals surface area contributed by atoms with E-state index in [-0.39, 0.29) is 18.1 Å². The molecular weight excluding hydrogens is 434 g/mol. The molecule has 2 aromatic carbocycles. The van der Waals surface area contributed by atoms with Gasteiger partial charge in [-0.2, -0.15) is 5.10 Å². The zero-order chi connectivity index (χ0) is 19.8. The lowest BCUT2D eigenvalue weighted by Gasteiger charge is -2.26. The van der Waals surface area contributed by atoms with E-state index in [0.717, 1.165) is 34.3 Å². The van der Waals surface area contributed by atoms with Crippen molar-refractivity contribution in [1.29, 1.82) is 0 Å². The van der Waals surface area contributed by atoms with Crippen molar-refractivity contribution in [2.45, 2.75) is 31.5 Å². The number of fused-ring (bicyclic) bond motifs is 2. The molecule has 3 heterocycles. The van der Waals surface area contributed by atoms with Gasteiger partial charge in [0, 0.05) is 35.5 Å². The number of hydrogen-bond acceptors (Lipinski definition) is 4. The van der Waals surface area contributed by atoms with Crippen molar-refractivity contribution in [3.05, 3.63) is 75.9 Å². The van der Waals surface area contributed by atoms with Gasteiger partial charge in [0.15, 0.2) is 5.69 Å². The first-order valence-corrected chi connectivity index (χ1v) is 10.5. The topological polar surface area (TPSA) is 65.4 Å². The van der Waals surface area contributed by atoms with Gasteiger partial charge in [-0.1, -0.05) is 52.3 Å².